The predicted molar refractivity (Wildman–Crippen MR) is 53.0 cm³/mol. The second-order valence-electron chi connectivity index (χ2n) is 3.19. The van der Waals surface area contributed by atoms with Crippen molar-refractivity contribution in [1.29, 1.82) is 0 Å². The number of alkyl halides is 3. The van der Waals surface area contributed by atoms with Gasteiger partial charge in [-0.15, -0.1) is 0 Å². The Morgan fingerprint density at radius 2 is 2.06 bits per heavy atom. The third-order valence-corrected chi connectivity index (χ3v) is 2.53. The summed E-state index contributed by atoms with van der Waals surface area (Å²) in [5, 5.41) is 2.06. The number of carbonyl (C=O) groups is 1. The van der Waals surface area contributed by atoms with Gasteiger partial charge in [0.05, 0.1) is 11.3 Å². The average Bonchev–Trinajstić information content (AvgIpc) is 2.16. The lowest BCUT2D eigenvalue weighted by molar-refractivity contribution is -0.137. The highest BCUT2D eigenvalue weighted by atomic mass is 79.9. The molecule has 0 saturated carbocycles. The fourth-order valence-electron chi connectivity index (χ4n) is 1.43. The molecule has 1 heterocycles. The van der Waals surface area contributed by atoms with Gasteiger partial charge in [-0.25, -0.2) is 4.79 Å². The highest BCUT2D eigenvalue weighted by molar-refractivity contribution is 9.10. The zero-order valence-corrected chi connectivity index (χ0v) is 9.28. The van der Waals surface area contributed by atoms with Gasteiger partial charge in [-0.05, 0) is 12.1 Å². The summed E-state index contributed by atoms with van der Waals surface area (Å²) in [6.45, 7) is -0.163. The predicted octanol–water partition coefficient (Wildman–Crippen LogP) is 3.53. The molecule has 1 aliphatic rings. The Kier molecular flexibility index (Phi) is 2.57. The van der Waals surface area contributed by atoms with Gasteiger partial charge < -0.3 is 4.74 Å². The van der Waals surface area contributed by atoms with Crippen LogP contribution in [0.15, 0.2) is 16.6 Å². The van der Waals surface area contributed by atoms with E-state index in [-0.39, 0.29) is 12.3 Å². The summed E-state index contributed by atoms with van der Waals surface area (Å²) < 4.78 is 42.9. The molecule has 1 aliphatic heterocycles. The zero-order valence-electron chi connectivity index (χ0n) is 7.69. The van der Waals surface area contributed by atoms with Crippen LogP contribution in [0.1, 0.15) is 11.1 Å². The van der Waals surface area contributed by atoms with E-state index in [9.17, 15) is 18.0 Å². The summed E-state index contributed by atoms with van der Waals surface area (Å²) in [7, 11) is 0. The van der Waals surface area contributed by atoms with Crippen molar-refractivity contribution in [2.75, 3.05) is 5.32 Å². The van der Waals surface area contributed by atoms with E-state index in [0.29, 0.717) is 10.0 Å². The van der Waals surface area contributed by atoms with Crippen molar-refractivity contribution < 1.29 is 22.7 Å². The lowest BCUT2D eigenvalue weighted by Crippen LogP contribution is -2.23. The van der Waals surface area contributed by atoms with Gasteiger partial charge in [-0.1, -0.05) is 15.9 Å². The third-order valence-electron chi connectivity index (χ3n) is 2.08. The molecule has 0 spiro atoms. The largest absolute Gasteiger partial charge is 0.444 e. The molecule has 2 rings (SSSR count). The van der Waals surface area contributed by atoms with Gasteiger partial charge in [0.15, 0.2) is 0 Å². The summed E-state index contributed by atoms with van der Waals surface area (Å²) in [6.07, 6.45) is -5.39. The molecule has 1 aromatic rings. The Morgan fingerprint density at radius 3 is 2.69 bits per heavy atom. The molecule has 0 aromatic heterocycles. The number of amides is 1. The van der Waals surface area contributed by atoms with E-state index in [0.717, 1.165) is 6.07 Å². The van der Waals surface area contributed by atoms with Crippen LogP contribution >= 0.6 is 15.9 Å². The molecule has 1 amide bonds. The number of halogens is 4. The van der Waals surface area contributed by atoms with Gasteiger partial charge in [-0.3, -0.25) is 5.32 Å². The van der Waals surface area contributed by atoms with Gasteiger partial charge in [-0.2, -0.15) is 13.2 Å². The molecule has 3 nitrogen and oxygen atoms in total. The maximum atomic E-state index is 12.7. The van der Waals surface area contributed by atoms with Gasteiger partial charge in [0.25, 0.3) is 0 Å². The number of hydrogen-bond acceptors (Lipinski definition) is 2. The third kappa shape index (κ3) is 1.99. The van der Waals surface area contributed by atoms with Crippen LogP contribution in [-0.2, 0) is 17.5 Å². The van der Waals surface area contributed by atoms with Crippen LogP contribution in [0.2, 0.25) is 0 Å². The number of hydrogen-bond donors (Lipinski definition) is 1. The second-order valence-corrected chi connectivity index (χ2v) is 4.10. The highest BCUT2D eigenvalue weighted by Gasteiger charge is 2.36. The molecule has 0 fully saturated rings. The summed E-state index contributed by atoms with van der Waals surface area (Å²) in [6, 6.07) is 2.40. The lowest BCUT2D eigenvalue weighted by Gasteiger charge is -2.22. The molecule has 86 valence electrons. The summed E-state index contributed by atoms with van der Waals surface area (Å²) in [4.78, 5) is 10.9. The number of anilines is 1. The highest BCUT2D eigenvalue weighted by Crippen LogP contribution is 2.40. The molecule has 1 aromatic carbocycles. The number of nitrogens with one attached hydrogen (secondary N) is 1. The Hall–Kier alpha value is -1.24. The number of ether oxygens (including phenoxy) is 1. The van der Waals surface area contributed by atoms with Crippen LogP contribution < -0.4 is 5.32 Å². The fourth-order valence-corrected chi connectivity index (χ4v) is 1.94. The van der Waals surface area contributed by atoms with Gasteiger partial charge in [0.2, 0.25) is 0 Å². The smallest absolute Gasteiger partial charge is 0.418 e. The number of carbonyl (C=O) groups excluding carboxylic acids is 1. The van der Waals surface area contributed by atoms with Crippen molar-refractivity contribution in [2.45, 2.75) is 12.8 Å². The minimum Gasteiger partial charge on any atom is -0.444 e. The van der Waals surface area contributed by atoms with Crippen molar-refractivity contribution in [1.82, 2.24) is 0 Å². The van der Waals surface area contributed by atoms with E-state index in [1.165, 1.54) is 6.07 Å². The van der Waals surface area contributed by atoms with Gasteiger partial charge in [0, 0.05) is 10.0 Å². The molecular weight excluding hydrogens is 291 g/mol. The summed E-state index contributed by atoms with van der Waals surface area (Å²) in [5.74, 6) is 0. The molecule has 16 heavy (non-hydrogen) atoms. The van der Waals surface area contributed by atoms with Crippen molar-refractivity contribution in [2.24, 2.45) is 0 Å². The maximum Gasteiger partial charge on any atom is 0.418 e. The van der Waals surface area contributed by atoms with Crippen molar-refractivity contribution >= 4 is 27.7 Å². The Balaban J connectivity index is 2.60. The van der Waals surface area contributed by atoms with Crippen LogP contribution in [0, 0.1) is 0 Å². The van der Waals surface area contributed by atoms with E-state index >= 15 is 0 Å². The molecule has 0 unspecified atom stereocenters. The normalized spacial score (nSPS) is 15.1. The van der Waals surface area contributed by atoms with Gasteiger partial charge in [0.1, 0.15) is 6.61 Å². The molecule has 0 bridgehead atoms. The maximum absolute atomic E-state index is 12.7. The standard InChI is InChI=1S/C9H5BrF3NO2/c10-5-1-4-3-16-8(15)14-7(4)6(2-5)9(11,12)13/h1-2H,3H2,(H,14,15). The van der Waals surface area contributed by atoms with Crippen molar-refractivity contribution in [3.8, 4) is 0 Å². The van der Waals surface area contributed by atoms with E-state index in [1.807, 2.05) is 0 Å². The average molecular weight is 296 g/mol. The molecule has 0 aliphatic carbocycles. The fraction of sp³-hybridized carbons (Fsp3) is 0.222. The first kappa shape index (κ1) is 11.3. The molecule has 1 N–H and O–H groups in total. The van der Waals surface area contributed by atoms with Crippen LogP contribution in [0.4, 0.5) is 23.7 Å². The van der Waals surface area contributed by atoms with E-state index in [1.54, 1.807) is 0 Å². The Labute approximate surface area is 96.7 Å². The first-order valence-corrected chi connectivity index (χ1v) is 5.00. The minimum absolute atomic E-state index is 0.163. The van der Waals surface area contributed by atoms with Gasteiger partial charge >= 0.3 is 12.3 Å². The topological polar surface area (TPSA) is 38.3 Å². The van der Waals surface area contributed by atoms with Crippen molar-refractivity contribution in [3.05, 3.63) is 27.7 Å². The number of cyclic esters (lactones) is 1. The van der Waals surface area contributed by atoms with E-state index < -0.39 is 17.8 Å². The van der Waals surface area contributed by atoms with Crippen LogP contribution in [0.3, 0.4) is 0 Å². The molecule has 0 saturated heterocycles. The van der Waals surface area contributed by atoms with Crippen LogP contribution in [-0.4, -0.2) is 6.09 Å². The molecule has 0 atom stereocenters. The lowest BCUT2D eigenvalue weighted by atomic mass is 10.1. The number of fused-ring (bicyclic) bond motifs is 1. The van der Waals surface area contributed by atoms with Crippen LogP contribution in [0.25, 0.3) is 0 Å². The number of rotatable bonds is 0. The minimum atomic E-state index is -4.52. The molecule has 7 heteroatoms. The Morgan fingerprint density at radius 1 is 1.38 bits per heavy atom. The quantitative estimate of drug-likeness (QED) is 0.795. The number of benzene rings is 1. The molecular formula is C9H5BrF3NO2. The first-order chi connectivity index (χ1) is 7.38. The Bertz CT molecular complexity index is 459. The van der Waals surface area contributed by atoms with Crippen molar-refractivity contribution in [3.63, 3.8) is 0 Å². The molecule has 0 radical (unpaired) electrons. The SMILES string of the molecule is O=C1Nc2c(cc(Br)cc2C(F)(F)F)CO1. The van der Waals surface area contributed by atoms with E-state index in [2.05, 4.69) is 26.0 Å². The van der Waals surface area contributed by atoms with Crippen LogP contribution in [0.5, 0.6) is 0 Å². The van der Waals surface area contributed by atoms with E-state index in [4.69, 9.17) is 0 Å². The monoisotopic (exact) mass is 295 g/mol. The second kappa shape index (κ2) is 3.65. The summed E-state index contributed by atoms with van der Waals surface area (Å²) >= 11 is 2.98. The summed E-state index contributed by atoms with van der Waals surface area (Å²) in [5.41, 5.74) is -0.818. The first-order valence-electron chi connectivity index (χ1n) is 4.21. The zero-order chi connectivity index (χ0) is 11.9.